The van der Waals surface area contributed by atoms with Gasteiger partial charge in [0.1, 0.15) is 17.5 Å². The summed E-state index contributed by atoms with van der Waals surface area (Å²) in [5.41, 5.74) is 1.03. The van der Waals surface area contributed by atoms with Crippen LogP contribution < -0.4 is 9.47 Å². The summed E-state index contributed by atoms with van der Waals surface area (Å²) in [5, 5.41) is 0. The Morgan fingerprint density at radius 3 is 2.91 bits per heavy atom. The van der Waals surface area contributed by atoms with E-state index >= 15 is 0 Å². The predicted molar refractivity (Wildman–Crippen MR) is 84.7 cm³/mol. The van der Waals surface area contributed by atoms with Crippen molar-refractivity contribution in [3.05, 3.63) is 23.8 Å². The number of hydrogen-bond acceptors (Lipinski definition) is 4. The van der Waals surface area contributed by atoms with Crippen LogP contribution in [0.1, 0.15) is 24.3 Å². The summed E-state index contributed by atoms with van der Waals surface area (Å²) in [6.45, 7) is 1.19. The molecule has 0 spiro atoms. The van der Waals surface area contributed by atoms with E-state index in [1.54, 1.807) is 31.0 Å². The van der Waals surface area contributed by atoms with Crippen LogP contribution in [0.5, 0.6) is 11.5 Å². The van der Waals surface area contributed by atoms with Gasteiger partial charge in [-0.2, -0.15) is 0 Å². The SMILES string of the molecule is COc1ccc2c(c1)OCC2CC(=O)N(C)C1CCN(C)C1=O. The number of ether oxygens (including phenoxy) is 2. The summed E-state index contributed by atoms with van der Waals surface area (Å²) in [5.74, 6) is 1.55. The van der Waals surface area contributed by atoms with E-state index in [0.717, 1.165) is 17.1 Å². The fraction of sp³-hybridized carbons (Fsp3) is 0.529. The molecule has 0 aromatic heterocycles. The van der Waals surface area contributed by atoms with Gasteiger partial charge in [-0.3, -0.25) is 9.59 Å². The fourth-order valence-electron chi connectivity index (χ4n) is 3.24. The molecule has 2 atom stereocenters. The number of nitrogens with zero attached hydrogens (tertiary/aromatic N) is 2. The van der Waals surface area contributed by atoms with E-state index < -0.39 is 0 Å². The van der Waals surface area contributed by atoms with Crippen LogP contribution in [0.4, 0.5) is 0 Å². The van der Waals surface area contributed by atoms with Crippen molar-refractivity contribution in [3.63, 3.8) is 0 Å². The first-order chi connectivity index (χ1) is 11.0. The highest BCUT2D eigenvalue weighted by Crippen LogP contribution is 2.38. The summed E-state index contributed by atoms with van der Waals surface area (Å²) in [6, 6.07) is 5.35. The van der Waals surface area contributed by atoms with Crippen molar-refractivity contribution in [2.24, 2.45) is 0 Å². The molecule has 23 heavy (non-hydrogen) atoms. The summed E-state index contributed by atoms with van der Waals surface area (Å²) in [6.07, 6.45) is 1.05. The zero-order valence-corrected chi connectivity index (χ0v) is 13.7. The lowest BCUT2D eigenvalue weighted by atomic mass is 9.97. The second-order valence-electron chi connectivity index (χ2n) is 6.18. The molecule has 1 aromatic carbocycles. The average molecular weight is 318 g/mol. The maximum atomic E-state index is 12.5. The van der Waals surface area contributed by atoms with E-state index in [1.807, 2.05) is 18.2 Å². The van der Waals surface area contributed by atoms with Gasteiger partial charge in [0.15, 0.2) is 0 Å². The van der Waals surface area contributed by atoms with Crippen LogP contribution >= 0.6 is 0 Å². The number of benzene rings is 1. The Labute approximate surface area is 136 Å². The molecule has 1 fully saturated rings. The molecule has 124 valence electrons. The lowest BCUT2D eigenvalue weighted by molar-refractivity contribution is -0.140. The monoisotopic (exact) mass is 318 g/mol. The molecule has 0 aliphatic carbocycles. The minimum Gasteiger partial charge on any atom is -0.497 e. The molecule has 1 saturated heterocycles. The smallest absolute Gasteiger partial charge is 0.245 e. The van der Waals surface area contributed by atoms with E-state index in [9.17, 15) is 9.59 Å². The van der Waals surface area contributed by atoms with E-state index in [4.69, 9.17) is 9.47 Å². The third kappa shape index (κ3) is 2.85. The van der Waals surface area contributed by atoms with Gasteiger partial charge in [-0.1, -0.05) is 6.07 Å². The zero-order chi connectivity index (χ0) is 16.6. The van der Waals surface area contributed by atoms with Gasteiger partial charge < -0.3 is 19.3 Å². The van der Waals surface area contributed by atoms with Gasteiger partial charge in [0.2, 0.25) is 11.8 Å². The van der Waals surface area contributed by atoms with Crippen molar-refractivity contribution >= 4 is 11.8 Å². The van der Waals surface area contributed by atoms with Crippen LogP contribution in [0.3, 0.4) is 0 Å². The number of rotatable bonds is 4. The molecule has 0 bridgehead atoms. The lowest BCUT2D eigenvalue weighted by Gasteiger charge is -2.24. The molecule has 2 heterocycles. The summed E-state index contributed by atoms with van der Waals surface area (Å²) in [7, 11) is 5.10. The summed E-state index contributed by atoms with van der Waals surface area (Å²) >= 11 is 0. The summed E-state index contributed by atoms with van der Waals surface area (Å²) in [4.78, 5) is 27.9. The second kappa shape index (κ2) is 6.10. The van der Waals surface area contributed by atoms with Crippen molar-refractivity contribution in [1.82, 2.24) is 9.80 Å². The first kappa shape index (κ1) is 15.6. The number of likely N-dealkylation sites (N-methyl/N-ethyl adjacent to an activating group) is 2. The van der Waals surface area contributed by atoms with Gasteiger partial charge in [-0.15, -0.1) is 0 Å². The van der Waals surface area contributed by atoms with E-state index in [-0.39, 0.29) is 23.8 Å². The van der Waals surface area contributed by atoms with Crippen LogP contribution in [0, 0.1) is 0 Å². The molecule has 1 aromatic rings. The van der Waals surface area contributed by atoms with Gasteiger partial charge in [-0.25, -0.2) is 0 Å². The molecule has 0 saturated carbocycles. The van der Waals surface area contributed by atoms with Crippen LogP contribution in [0.15, 0.2) is 18.2 Å². The Morgan fingerprint density at radius 1 is 1.48 bits per heavy atom. The molecule has 2 unspecified atom stereocenters. The minimum atomic E-state index is -0.329. The van der Waals surface area contributed by atoms with Crippen molar-refractivity contribution in [3.8, 4) is 11.5 Å². The Hall–Kier alpha value is -2.24. The minimum absolute atomic E-state index is 0.0177. The second-order valence-corrected chi connectivity index (χ2v) is 6.18. The zero-order valence-electron chi connectivity index (χ0n) is 13.7. The van der Waals surface area contributed by atoms with Gasteiger partial charge in [0.25, 0.3) is 0 Å². The lowest BCUT2D eigenvalue weighted by Crippen LogP contribution is -2.42. The van der Waals surface area contributed by atoms with E-state index in [0.29, 0.717) is 26.0 Å². The maximum Gasteiger partial charge on any atom is 0.245 e. The van der Waals surface area contributed by atoms with Crippen molar-refractivity contribution < 1.29 is 19.1 Å². The molecular weight excluding hydrogens is 296 g/mol. The Balaban J connectivity index is 1.67. The van der Waals surface area contributed by atoms with Crippen LogP contribution in [-0.2, 0) is 9.59 Å². The molecule has 6 heteroatoms. The first-order valence-corrected chi connectivity index (χ1v) is 7.82. The number of hydrogen-bond donors (Lipinski definition) is 0. The quantitative estimate of drug-likeness (QED) is 0.838. The predicted octanol–water partition coefficient (Wildman–Crippen LogP) is 1.25. The number of carbonyl (C=O) groups is 2. The number of fused-ring (bicyclic) bond motifs is 1. The topological polar surface area (TPSA) is 59.1 Å². The molecule has 3 rings (SSSR count). The molecular formula is C17H22N2O4. The third-order valence-corrected chi connectivity index (χ3v) is 4.78. The van der Waals surface area contributed by atoms with Gasteiger partial charge in [0.05, 0.1) is 13.7 Å². The van der Waals surface area contributed by atoms with Crippen LogP contribution in [-0.4, -0.2) is 62.0 Å². The van der Waals surface area contributed by atoms with Crippen molar-refractivity contribution in [1.29, 1.82) is 0 Å². The van der Waals surface area contributed by atoms with Gasteiger partial charge in [0, 0.05) is 44.6 Å². The van der Waals surface area contributed by atoms with Gasteiger partial charge in [-0.05, 0) is 12.5 Å². The molecule has 6 nitrogen and oxygen atoms in total. The highest BCUT2D eigenvalue weighted by Gasteiger charge is 2.36. The van der Waals surface area contributed by atoms with Crippen molar-refractivity contribution in [2.75, 3.05) is 34.4 Å². The molecule has 2 aliphatic rings. The van der Waals surface area contributed by atoms with E-state index in [1.165, 1.54) is 0 Å². The Bertz CT molecular complexity index is 631. The average Bonchev–Trinajstić information content (AvgIpc) is 3.10. The highest BCUT2D eigenvalue weighted by molar-refractivity contribution is 5.89. The largest absolute Gasteiger partial charge is 0.497 e. The molecule has 0 N–H and O–H groups in total. The van der Waals surface area contributed by atoms with Gasteiger partial charge >= 0.3 is 0 Å². The molecule has 0 radical (unpaired) electrons. The van der Waals surface area contributed by atoms with Crippen LogP contribution in [0.25, 0.3) is 0 Å². The number of methoxy groups -OCH3 is 1. The molecule has 2 aliphatic heterocycles. The standard InChI is InChI=1S/C17H22N2O4/c1-18-7-6-14(17(18)21)19(2)16(20)8-11-10-23-15-9-12(22-3)4-5-13(11)15/h4-5,9,11,14H,6-8,10H2,1-3H3. The first-order valence-electron chi connectivity index (χ1n) is 7.82. The number of amides is 2. The summed E-state index contributed by atoms with van der Waals surface area (Å²) < 4.78 is 10.9. The molecule has 2 amide bonds. The third-order valence-electron chi connectivity index (χ3n) is 4.78. The normalized spacial score (nSPS) is 22.7. The number of carbonyl (C=O) groups excluding carboxylic acids is 2. The fourth-order valence-corrected chi connectivity index (χ4v) is 3.24. The maximum absolute atomic E-state index is 12.5. The van der Waals surface area contributed by atoms with Crippen molar-refractivity contribution in [2.45, 2.75) is 24.8 Å². The highest BCUT2D eigenvalue weighted by atomic mass is 16.5. The number of likely N-dealkylation sites (tertiary alicyclic amines) is 1. The van der Waals surface area contributed by atoms with Crippen LogP contribution in [0.2, 0.25) is 0 Å². The van der Waals surface area contributed by atoms with E-state index in [2.05, 4.69) is 0 Å². The Morgan fingerprint density at radius 2 is 2.26 bits per heavy atom. The Kier molecular flexibility index (Phi) is 4.15.